The minimum Gasteiger partial charge on any atom is -0.480 e. The largest absolute Gasteiger partial charge is 0.480 e. The number of carboxylic acids is 1. The summed E-state index contributed by atoms with van der Waals surface area (Å²) in [7, 11) is -1.42. The van der Waals surface area contributed by atoms with E-state index in [1.54, 1.807) is 37.6 Å². The Labute approximate surface area is 342 Å². The number of rotatable bonds is 15. The van der Waals surface area contributed by atoms with Gasteiger partial charge in [0.25, 0.3) is 8.32 Å². The van der Waals surface area contributed by atoms with Gasteiger partial charge in [0, 0.05) is 48.4 Å². The summed E-state index contributed by atoms with van der Waals surface area (Å²) in [5.41, 5.74) is 8.35. The molecular weight excluding hydrogens is 780 g/mol. The third-order valence-corrected chi connectivity index (χ3v) is 16.3. The first-order chi connectivity index (χ1) is 27.3. The molecule has 3 aromatic carbocycles. The average molecular weight is 830 g/mol. The maximum atomic E-state index is 14.7. The standard InChI is InChI=1S/C44H50F3N5O4SSi/c1-28(55-7)38-32(19-14-22-49-38)39-34(25-43(5,6)27-56-58(42(2,3)4,30-15-10-8-11-16-30)31-17-12-9-13-18-31)33-23-29(20-21-36(33)52(39)26-44(45,46)47)40-50-37(51-57-40)24-35(48)41(53)54/h8-23,28,35H,24-27,48H2,1-7H3,(H,53,54)/t28-,35-/m0/s1. The fraction of sp³-hybridized carbons (Fsp3) is 0.364. The van der Waals surface area contributed by atoms with Crippen LogP contribution in [0.5, 0.6) is 0 Å². The van der Waals surface area contributed by atoms with Crippen molar-refractivity contribution >= 4 is 47.1 Å². The smallest absolute Gasteiger partial charge is 0.406 e. The molecule has 0 aliphatic carbocycles. The van der Waals surface area contributed by atoms with Gasteiger partial charge >= 0.3 is 12.1 Å². The molecule has 3 N–H and O–H groups in total. The van der Waals surface area contributed by atoms with E-state index >= 15 is 0 Å². The predicted octanol–water partition coefficient (Wildman–Crippen LogP) is 8.59. The molecule has 0 radical (unpaired) electrons. The summed E-state index contributed by atoms with van der Waals surface area (Å²) < 4.78 is 62.9. The SMILES string of the molecule is CO[C@@H](C)c1ncccc1-c1c(CC(C)(C)CO[Si](c2ccccc2)(c2ccccc2)C(C)(C)C)c2cc(-c3nc(C[C@H](N)C(=O)O)ns3)ccc2n1CC(F)(F)F. The molecule has 0 unspecified atom stereocenters. The van der Waals surface area contributed by atoms with Crippen molar-refractivity contribution in [2.75, 3.05) is 13.7 Å². The fourth-order valence-electron chi connectivity index (χ4n) is 7.77. The molecule has 0 spiro atoms. The highest BCUT2D eigenvalue weighted by atomic mass is 32.1. The van der Waals surface area contributed by atoms with Gasteiger partial charge in [-0.1, -0.05) is 95.3 Å². The average Bonchev–Trinajstić information content (AvgIpc) is 3.76. The second-order valence-corrected chi connectivity index (χ2v) is 21.6. The summed E-state index contributed by atoms with van der Waals surface area (Å²) in [6.45, 7) is 11.7. The van der Waals surface area contributed by atoms with Crippen LogP contribution in [-0.4, -0.2) is 64.2 Å². The minimum absolute atomic E-state index is 0.0631. The quantitative estimate of drug-likeness (QED) is 0.0987. The first kappa shape index (κ1) is 42.9. The van der Waals surface area contributed by atoms with Crippen LogP contribution in [0.15, 0.2) is 97.2 Å². The van der Waals surface area contributed by atoms with E-state index < -0.39 is 44.6 Å². The highest BCUT2D eigenvalue weighted by molar-refractivity contribution is 7.09. The van der Waals surface area contributed by atoms with Crippen molar-refractivity contribution in [1.29, 1.82) is 0 Å². The van der Waals surface area contributed by atoms with E-state index in [0.717, 1.165) is 21.9 Å². The van der Waals surface area contributed by atoms with Crippen molar-refractivity contribution in [2.24, 2.45) is 11.1 Å². The highest BCUT2D eigenvalue weighted by Crippen LogP contribution is 2.44. The number of aliphatic carboxylic acids is 1. The molecule has 3 heterocycles. The van der Waals surface area contributed by atoms with Gasteiger partial charge in [-0.3, -0.25) is 9.78 Å². The molecule has 306 valence electrons. The Hall–Kier alpha value is -4.73. The second kappa shape index (κ2) is 16.9. The maximum absolute atomic E-state index is 14.7. The molecule has 0 aliphatic rings. The molecule has 0 fully saturated rings. The van der Waals surface area contributed by atoms with Gasteiger partial charge < -0.3 is 24.6 Å². The minimum atomic E-state index is -4.55. The van der Waals surface area contributed by atoms with Gasteiger partial charge in [0.15, 0.2) is 0 Å². The first-order valence-electron chi connectivity index (χ1n) is 19.1. The Balaban J connectivity index is 1.54. The summed E-state index contributed by atoms with van der Waals surface area (Å²) in [5.74, 6) is -0.888. The summed E-state index contributed by atoms with van der Waals surface area (Å²) in [6.07, 6.45) is -3.17. The van der Waals surface area contributed by atoms with Crippen molar-refractivity contribution in [3.8, 4) is 21.8 Å². The molecule has 0 amide bonds. The summed E-state index contributed by atoms with van der Waals surface area (Å²) in [4.78, 5) is 20.6. The number of fused-ring (bicyclic) bond motifs is 1. The predicted molar refractivity (Wildman–Crippen MR) is 226 cm³/mol. The molecule has 6 aromatic rings. The third kappa shape index (κ3) is 8.96. The Morgan fingerprint density at radius 3 is 2.16 bits per heavy atom. The first-order valence-corrected chi connectivity index (χ1v) is 21.8. The van der Waals surface area contributed by atoms with Crippen LogP contribution in [0.4, 0.5) is 13.2 Å². The molecule has 58 heavy (non-hydrogen) atoms. The maximum Gasteiger partial charge on any atom is 0.406 e. The van der Waals surface area contributed by atoms with Crippen molar-refractivity contribution in [3.63, 3.8) is 0 Å². The number of ether oxygens (including phenoxy) is 1. The Morgan fingerprint density at radius 2 is 1.59 bits per heavy atom. The van der Waals surface area contributed by atoms with Crippen LogP contribution in [0.1, 0.15) is 64.7 Å². The van der Waals surface area contributed by atoms with Crippen molar-refractivity contribution < 1.29 is 32.2 Å². The van der Waals surface area contributed by atoms with Crippen LogP contribution in [0.3, 0.4) is 0 Å². The lowest BCUT2D eigenvalue weighted by molar-refractivity contribution is -0.140. The zero-order valence-corrected chi connectivity index (χ0v) is 35.6. The van der Waals surface area contributed by atoms with Gasteiger partial charge in [0.2, 0.25) is 0 Å². The zero-order valence-electron chi connectivity index (χ0n) is 33.8. The number of nitrogens with zero attached hydrogens (tertiary/aromatic N) is 4. The molecule has 6 rings (SSSR count). The van der Waals surface area contributed by atoms with Crippen molar-refractivity contribution in [2.45, 2.75) is 84.3 Å². The summed E-state index contributed by atoms with van der Waals surface area (Å²) >= 11 is 1.08. The molecule has 14 heteroatoms. The van der Waals surface area contributed by atoms with E-state index in [1.807, 2.05) is 49.4 Å². The van der Waals surface area contributed by atoms with E-state index in [2.05, 4.69) is 73.2 Å². The number of alkyl halides is 3. The molecular formula is C44H50F3N5O4SSi. The van der Waals surface area contributed by atoms with Gasteiger partial charge in [-0.05, 0) is 81.6 Å². The van der Waals surface area contributed by atoms with Gasteiger partial charge in [-0.15, -0.1) is 0 Å². The van der Waals surface area contributed by atoms with Gasteiger partial charge in [0.05, 0.1) is 17.5 Å². The van der Waals surface area contributed by atoms with E-state index in [1.165, 1.54) is 4.57 Å². The number of nitrogens with two attached hydrogens (primary N) is 1. The van der Waals surface area contributed by atoms with E-state index in [9.17, 15) is 23.1 Å². The molecule has 9 nitrogen and oxygen atoms in total. The Kier molecular flexibility index (Phi) is 12.5. The highest BCUT2D eigenvalue weighted by Gasteiger charge is 2.51. The van der Waals surface area contributed by atoms with Crippen LogP contribution >= 0.6 is 11.5 Å². The lowest BCUT2D eigenvalue weighted by Gasteiger charge is -2.44. The number of hydrogen-bond acceptors (Lipinski definition) is 8. The molecule has 3 aromatic heterocycles. The number of methoxy groups -OCH3 is 1. The normalized spacial score (nSPS) is 13.8. The van der Waals surface area contributed by atoms with Crippen LogP contribution in [0.25, 0.3) is 32.7 Å². The molecule has 0 bridgehead atoms. The number of pyridine rings is 1. The van der Waals surface area contributed by atoms with Crippen LogP contribution < -0.4 is 16.1 Å². The number of benzene rings is 3. The van der Waals surface area contributed by atoms with E-state index in [-0.39, 0.29) is 17.3 Å². The molecule has 2 atom stereocenters. The van der Waals surface area contributed by atoms with Gasteiger partial charge in [-0.25, -0.2) is 4.98 Å². The number of aromatic nitrogens is 4. The van der Waals surface area contributed by atoms with E-state index in [4.69, 9.17) is 14.9 Å². The van der Waals surface area contributed by atoms with Crippen LogP contribution in [-0.2, 0) is 33.3 Å². The lowest BCUT2D eigenvalue weighted by atomic mass is 9.84. The van der Waals surface area contributed by atoms with Crippen LogP contribution in [0, 0.1) is 5.41 Å². The molecule has 0 saturated heterocycles. The van der Waals surface area contributed by atoms with Crippen molar-refractivity contribution in [1.82, 2.24) is 18.9 Å². The monoisotopic (exact) mass is 829 g/mol. The Bertz CT molecular complexity index is 2320. The number of carboxylic acid groups (broad SMARTS) is 1. The molecule has 0 saturated carbocycles. The van der Waals surface area contributed by atoms with Crippen molar-refractivity contribution in [3.05, 3.63) is 114 Å². The summed E-state index contributed by atoms with van der Waals surface area (Å²) in [5, 5.41) is 12.4. The van der Waals surface area contributed by atoms with Gasteiger partial charge in [-0.2, -0.15) is 17.5 Å². The second-order valence-electron chi connectivity index (χ2n) is 16.5. The van der Waals surface area contributed by atoms with E-state index in [0.29, 0.717) is 57.0 Å². The number of hydrogen-bond donors (Lipinski definition) is 2. The van der Waals surface area contributed by atoms with Gasteiger partial charge in [0.1, 0.15) is 23.4 Å². The fourth-order valence-corrected chi connectivity index (χ4v) is 13.2. The lowest BCUT2D eigenvalue weighted by Crippen LogP contribution is -2.67. The number of halogens is 3. The number of carbonyl (C=O) groups is 1. The Morgan fingerprint density at radius 1 is 0.948 bits per heavy atom. The molecule has 0 aliphatic heterocycles. The third-order valence-electron chi connectivity index (χ3n) is 10.5. The van der Waals surface area contributed by atoms with Crippen LogP contribution in [0.2, 0.25) is 5.04 Å². The topological polar surface area (TPSA) is 125 Å². The zero-order chi connectivity index (χ0) is 42.0. The summed E-state index contributed by atoms with van der Waals surface area (Å²) in [6, 6.07) is 28.3.